The molecule has 1 saturated heterocycles. The van der Waals surface area contributed by atoms with Gasteiger partial charge in [-0.3, -0.25) is 9.89 Å². The van der Waals surface area contributed by atoms with Gasteiger partial charge in [-0.1, -0.05) is 19.3 Å². The van der Waals surface area contributed by atoms with Crippen molar-refractivity contribution in [3.8, 4) is 0 Å². The summed E-state index contributed by atoms with van der Waals surface area (Å²) < 4.78 is 29.3. The molecular weight excluding hydrogens is 364 g/mol. The summed E-state index contributed by atoms with van der Waals surface area (Å²) in [5, 5.41) is 6.64. The van der Waals surface area contributed by atoms with Crippen LogP contribution in [0.1, 0.15) is 52.9 Å². The van der Waals surface area contributed by atoms with Crippen molar-refractivity contribution in [3.63, 3.8) is 0 Å². The van der Waals surface area contributed by atoms with Gasteiger partial charge < -0.3 is 15.4 Å². The number of aliphatic imine (C=N–C) groups is 1. The summed E-state index contributed by atoms with van der Waals surface area (Å²) in [6.07, 6.45) is 6.21. The average Bonchev–Trinajstić information content (AvgIpc) is 2.65. The summed E-state index contributed by atoms with van der Waals surface area (Å²) in [5.41, 5.74) is 0.150. The molecular formula is C19H38N4O3S. The zero-order valence-corrected chi connectivity index (χ0v) is 18.3. The molecule has 158 valence electrons. The summed E-state index contributed by atoms with van der Waals surface area (Å²) in [4.78, 5) is 6.87. The molecule has 2 N–H and O–H groups in total. The van der Waals surface area contributed by atoms with Crippen LogP contribution in [0, 0.1) is 0 Å². The highest BCUT2D eigenvalue weighted by Gasteiger charge is 2.38. The average molecular weight is 403 g/mol. The highest BCUT2D eigenvalue weighted by Crippen LogP contribution is 2.33. The molecule has 0 atom stereocenters. The first-order valence-electron chi connectivity index (χ1n) is 10.2. The maximum atomic E-state index is 12.3. The smallest absolute Gasteiger partial charge is 0.191 e. The number of nitrogens with zero attached hydrogens (tertiary/aromatic N) is 2. The number of ether oxygens (including phenoxy) is 1. The van der Waals surface area contributed by atoms with Crippen LogP contribution in [-0.4, -0.2) is 81.8 Å². The number of nitrogens with one attached hydrogen (secondary N) is 2. The largest absolute Gasteiger partial charge is 0.379 e. The quantitative estimate of drug-likeness (QED) is 0.516. The lowest BCUT2D eigenvalue weighted by Crippen LogP contribution is -2.60. The highest BCUT2D eigenvalue weighted by atomic mass is 32.2. The van der Waals surface area contributed by atoms with E-state index >= 15 is 0 Å². The monoisotopic (exact) mass is 402 g/mol. The van der Waals surface area contributed by atoms with Crippen molar-refractivity contribution in [2.75, 3.05) is 52.2 Å². The lowest BCUT2D eigenvalue weighted by Gasteiger charge is -2.48. The Balaban J connectivity index is 1.90. The van der Waals surface area contributed by atoms with Crippen molar-refractivity contribution in [2.45, 2.75) is 63.2 Å². The van der Waals surface area contributed by atoms with E-state index in [1.54, 1.807) is 27.8 Å². The van der Waals surface area contributed by atoms with E-state index in [0.717, 1.165) is 32.8 Å². The maximum Gasteiger partial charge on any atom is 0.191 e. The van der Waals surface area contributed by atoms with Gasteiger partial charge in [0.05, 0.1) is 23.7 Å². The van der Waals surface area contributed by atoms with Crippen molar-refractivity contribution in [1.29, 1.82) is 0 Å². The molecule has 0 spiro atoms. The highest BCUT2D eigenvalue weighted by molar-refractivity contribution is 7.92. The van der Waals surface area contributed by atoms with Crippen LogP contribution in [0.3, 0.4) is 0 Å². The van der Waals surface area contributed by atoms with Gasteiger partial charge in [-0.25, -0.2) is 8.42 Å². The molecule has 0 amide bonds. The second-order valence-electron chi connectivity index (χ2n) is 8.67. The summed E-state index contributed by atoms with van der Waals surface area (Å²) >= 11 is 0. The first-order chi connectivity index (χ1) is 12.7. The summed E-state index contributed by atoms with van der Waals surface area (Å²) in [6.45, 7) is 10.00. The van der Waals surface area contributed by atoms with Crippen molar-refractivity contribution in [2.24, 2.45) is 4.99 Å². The zero-order chi connectivity index (χ0) is 20.0. The van der Waals surface area contributed by atoms with Crippen LogP contribution in [0.5, 0.6) is 0 Å². The van der Waals surface area contributed by atoms with E-state index in [-0.39, 0.29) is 11.3 Å². The van der Waals surface area contributed by atoms with Gasteiger partial charge in [0.2, 0.25) is 0 Å². The topological polar surface area (TPSA) is 83.0 Å². The molecule has 27 heavy (non-hydrogen) atoms. The molecule has 2 aliphatic rings. The number of hydrogen-bond donors (Lipinski definition) is 2. The number of sulfone groups is 1. The third-order valence-corrected chi connectivity index (χ3v) is 8.48. The van der Waals surface area contributed by atoms with Crippen LogP contribution in [0.4, 0.5) is 0 Å². The predicted octanol–water partition coefficient (Wildman–Crippen LogP) is 1.40. The first-order valence-corrected chi connectivity index (χ1v) is 11.9. The fraction of sp³-hybridized carbons (Fsp3) is 0.947. The Morgan fingerprint density at radius 2 is 1.74 bits per heavy atom. The Hall–Kier alpha value is -0.860. The fourth-order valence-corrected chi connectivity index (χ4v) is 4.91. The van der Waals surface area contributed by atoms with Gasteiger partial charge in [-0.15, -0.1) is 0 Å². The Bertz CT molecular complexity index is 587. The van der Waals surface area contributed by atoms with Gasteiger partial charge in [-0.05, 0) is 33.6 Å². The molecule has 0 aromatic carbocycles. The Kier molecular flexibility index (Phi) is 7.94. The Labute approximate surface area is 165 Å². The normalized spacial score (nSPS) is 22.4. The molecule has 1 aliphatic carbocycles. The van der Waals surface area contributed by atoms with Crippen molar-refractivity contribution in [1.82, 2.24) is 15.5 Å². The van der Waals surface area contributed by atoms with Gasteiger partial charge in [-0.2, -0.15) is 0 Å². The molecule has 7 nitrogen and oxygen atoms in total. The van der Waals surface area contributed by atoms with Crippen LogP contribution in [-0.2, 0) is 14.6 Å². The molecule has 1 saturated carbocycles. The number of guanidine groups is 1. The van der Waals surface area contributed by atoms with Gasteiger partial charge >= 0.3 is 0 Å². The molecule has 2 rings (SSSR count). The van der Waals surface area contributed by atoms with E-state index < -0.39 is 14.6 Å². The van der Waals surface area contributed by atoms with Crippen LogP contribution in [0.2, 0.25) is 0 Å². The number of rotatable bonds is 6. The van der Waals surface area contributed by atoms with Gasteiger partial charge in [0.25, 0.3) is 0 Å². The maximum absolute atomic E-state index is 12.3. The van der Waals surface area contributed by atoms with E-state index in [0.29, 0.717) is 12.5 Å². The molecule has 0 bridgehead atoms. The first kappa shape index (κ1) is 22.4. The van der Waals surface area contributed by atoms with E-state index in [4.69, 9.17) is 4.74 Å². The van der Waals surface area contributed by atoms with Crippen molar-refractivity contribution >= 4 is 15.8 Å². The third-order valence-electron chi connectivity index (χ3n) is 5.87. The zero-order valence-electron chi connectivity index (χ0n) is 17.5. The minimum Gasteiger partial charge on any atom is -0.379 e. The second kappa shape index (κ2) is 9.56. The lowest BCUT2D eigenvalue weighted by molar-refractivity contribution is -0.0352. The van der Waals surface area contributed by atoms with Gasteiger partial charge in [0, 0.05) is 38.8 Å². The second-order valence-corrected chi connectivity index (χ2v) is 11.5. The lowest BCUT2D eigenvalue weighted by atomic mass is 9.80. The van der Waals surface area contributed by atoms with Crippen molar-refractivity contribution in [3.05, 3.63) is 0 Å². The Morgan fingerprint density at radius 3 is 2.30 bits per heavy atom. The molecule has 2 fully saturated rings. The predicted molar refractivity (Wildman–Crippen MR) is 111 cm³/mol. The molecule has 0 radical (unpaired) electrons. The summed E-state index contributed by atoms with van der Waals surface area (Å²) in [6, 6.07) is 0. The molecule has 8 heteroatoms. The number of morpholine rings is 1. The molecule has 0 unspecified atom stereocenters. The Morgan fingerprint density at radius 1 is 1.11 bits per heavy atom. The standard InChI is InChI=1S/C19H38N4O3S/c1-18(2,3)27(24,25)15-10-21-17(20-4)22-16-19(8-6-5-7-9-19)23-11-13-26-14-12-23/h5-16H2,1-4H3,(H2,20,21,22). The van der Waals surface area contributed by atoms with E-state index in [9.17, 15) is 8.42 Å². The van der Waals surface area contributed by atoms with Crippen LogP contribution in [0.15, 0.2) is 4.99 Å². The molecule has 1 heterocycles. The summed E-state index contributed by atoms with van der Waals surface area (Å²) in [5.74, 6) is 0.781. The third kappa shape index (κ3) is 6.06. The van der Waals surface area contributed by atoms with Crippen molar-refractivity contribution < 1.29 is 13.2 Å². The van der Waals surface area contributed by atoms with Crippen LogP contribution in [0.25, 0.3) is 0 Å². The molecule has 1 aliphatic heterocycles. The number of hydrogen-bond acceptors (Lipinski definition) is 5. The van der Waals surface area contributed by atoms with Gasteiger partial charge in [0.15, 0.2) is 15.8 Å². The van der Waals surface area contributed by atoms with E-state index in [1.807, 2.05) is 0 Å². The van der Waals surface area contributed by atoms with E-state index in [2.05, 4.69) is 20.5 Å². The molecule has 0 aromatic rings. The van der Waals surface area contributed by atoms with E-state index in [1.165, 1.54) is 32.1 Å². The van der Waals surface area contributed by atoms with Gasteiger partial charge in [0.1, 0.15) is 0 Å². The van der Waals surface area contributed by atoms with Crippen LogP contribution < -0.4 is 10.6 Å². The minimum atomic E-state index is -3.13. The molecule has 0 aromatic heterocycles. The SMILES string of the molecule is CN=C(NCCS(=O)(=O)C(C)(C)C)NCC1(N2CCOCC2)CCCCC1. The summed E-state index contributed by atoms with van der Waals surface area (Å²) in [7, 11) is -1.40. The van der Waals surface area contributed by atoms with Crippen LogP contribution >= 0.6 is 0 Å². The fourth-order valence-electron chi connectivity index (χ4n) is 3.93. The minimum absolute atomic E-state index is 0.103.